The maximum atomic E-state index is 14.2. The molecule has 23 heavy (non-hydrogen) atoms. The van der Waals surface area contributed by atoms with E-state index in [-0.39, 0.29) is 11.5 Å². The van der Waals surface area contributed by atoms with Crippen LogP contribution in [0.2, 0.25) is 0 Å². The van der Waals surface area contributed by atoms with Crippen LogP contribution in [0, 0.1) is 6.92 Å². The molecule has 2 fully saturated rings. The number of rotatable bonds is 4. The average Bonchev–Trinajstić information content (AvgIpc) is 2.96. The van der Waals surface area contributed by atoms with E-state index in [4.69, 9.17) is 19.2 Å². The average molecular weight is 343 g/mol. The first kappa shape index (κ1) is 16.2. The molecule has 2 bridgehead atoms. The lowest BCUT2D eigenvalue weighted by atomic mass is 10.0. The molecule has 0 amide bonds. The smallest absolute Gasteiger partial charge is 0.297 e. The molecular formula is C13H14FN3O5S. The maximum absolute atomic E-state index is 14.2. The van der Waals surface area contributed by atoms with Crippen molar-refractivity contribution in [3.8, 4) is 0 Å². The Balaban J connectivity index is 1.89. The second-order valence-corrected chi connectivity index (χ2v) is 6.92. The molecule has 10 heteroatoms. The van der Waals surface area contributed by atoms with Crippen LogP contribution in [-0.4, -0.2) is 45.7 Å². The summed E-state index contributed by atoms with van der Waals surface area (Å²) in [6, 6.07) is 4.66. The van der Waals surface area contributed by atoms with Crippen molar-refractivity contribution in [3.63, 3.8) is 0 Å². The first-order valence-electron chi connectivity index (χ1n) is 6.87. The van der Waals surface area contributed by atoms with Crippen LogP contribution >= 0.6 is 0 Å². The van der Waals surface area contributed by atoms with Crippen molar-refractivity contribution in [1.82, 2.24) is 0 Å². The van der Waals surface area contributed by atoms with Gasteiger partial charge in [-0.25, -0.2) is 4.39 Å². The fraction of sp³-hybridized carbons (Fsp3) is 0.538. The number of nitrogens with zero attached hydrogens (tertiary/aromatic N) is 3. The Morgan fingerprint density at radius 3 is 2.74 bits per heavy atom. The van der Waals surface area contributed by atoms with Crippen LogP contribution in [0.25, 0.3) is 10.4 Å². The van der Waals surface area contributed by atoms with Gasteiger partial charge in [-0.3, -0.25) is 4.18 Å². The normalized spacial score (nSPS) is 33.2. The van der Waals surface area contributed by atoms with Crippen LogP contribution in [0.3, 0.4) is 0 Å². The molecule has 0 unspecified atom stereocenters. The predicted octanol–water partition coefficient (Wildman–Crippen LogP) is 1.84. The van der Waals surface area contributed by atoms with Crippen LogP contribution in [0.4, 0.5) is 4.39 Å². The summed E-state index contributed by atoms with van der Waals surface area (Å²) in [7, 11) is -4.16. The minimum atomic E-state index is -4.16. The van der Waals surface area contributed by atoms with E-state index < -0.39 is 40.8 Å². The SMILES string of the molecule is Cc1ccc(S(=O)(=O)O[C@H]2[C@H](N=[N+]=[N-])[C@@H](F)[C@@H]3OC[C@H]2O3)cc1. The third-order valence-corrected chi connectivity index (χ3v) is 5.08. The van der Waals surface area contributed by atoms with Gasteiger partial charge in [-0.15, -0.1) is 0 Å². The molecule has 2 aliphatic heterocycles. The highest BCUT2D eigenvalue weighted by molar-refractivity contribution is 7.86. The molecule has 2 aliphatic rings. The second kappa shape index (κ2) is 6.06. The summed E-state index contributed by atoms with van der Waals surface area (Å²) in [4.78, 5) is 2.50. The Morgan fingerprint density at radius 1 is 1.39 bits per heavy atom. The number of hydrogen-bond donors (Lipinski definition) is 0. The van der Waals surface area contributed by atoms with E-state index >= 15 is 0 Å². The molecule has 2 heterocycles. The minimum absolute atomic E-state index is 0.0311. The van der Waals surface area contributed by atoms with Crippen molar-refractivity contribution in [2.75, 3.05) is 6.61 Å². The van der Waals surface area contributed by atoms with Crippen molar-refractivity contribution in [2.24, 2.45) is 5.11 Å². The molecule has 0 aliphatic carbocycles. The lowest BCUT2D eigenvalue weighted by molar-refractivity contribution is -0.162. The topological polar surface area (TPSA) is 111 Å². The summed E-state index contributed by atoms with van der Waals surface area (Å²) >= 11 is 0. The molecule has 0 spiro atoms. The van der Waals surface area contributed by atoms with Crippen molar-refractivity contribution in [2.45, 2.75) is 42.5 Å². The van der Waals surface area contributed by atoms with Gasteiger partial charge in [-0.1, -0.05) is 22.8 Å². The van der Waals surface area contributed by atoms with Gasteiger partial charge in [0.1, 0.15) is 18.2 Å². The van der Waals surface area contributed by atoms with Gasteiger partial charge in [0, 0.05) is 4.91 Å². The first-order valence-corrected chi connectivity index (χ1v) is 8.28. The lowest BCUT2D eigenvalue weighted by Gasteiger charge is -2.34. The number of fused-ring (bicyclic) bond motifs is 2. The monoisotopic (exact) mass is 343 g/mol. The number of benzene rings is 1. The molecule has 124 valence electrons. The summed E-state index contributed by atoms with van der Waals surface area (Å²) in [5.41, 5.74) is 9.48. The van der Waals surface area contributed by atoms with Crippen molar-refractivity contribution in [1.29, 1.82) is 0 Å². The molecule has 5 atom stereocenters. The minimum Gasteiger partial charge on any atom is -0.347 e. The Labute approximate surface area is 131 Å². The predicted molar refractivity (Wildman–Crippen MR) is 75.7 cm³/mol. The van der Waals surface area contributed by atoms with E-state index in [1.54, 1.807) is 12.1 Å². The van der Waals surface area contributed by atoms with Gasteiger partial charge in [-0.2, -0.15) is 8.42 Å². The number of hydrogen-bond acceptors (Lipinski definition) is 6. The van der Waals surface area contributed by atoms with E-state index in [1.807, 2.05) is 6.92 Å². The molecule has 8 nitrogen and oxygen atoms in total. The van der Waals surface area contributed by atoms with Crippen LogP contribution in [0.1, 0.15) is 5.56 Å². The quantitative estimate of drug-likeness (QED) is 0.358. The molecule has 0 radical (unpaired) electrons. The Kier molecular flexibility index (Phi) is 4.26. The van der Waals surface area contributed by atoms with E-state index in [2.05, 4.69) is 10.0 Å². The van der Waals surface area contributed by atoms with Crippen LogP contribution in [0.15, 0.2) is 34.3 Å². The molecule has 0 N–H and O–H groups in total. The third-order valence-electron chi connectivity index (χ3n) is 3.76. The van der Waals surface area contributed by atoms with E-state index in [0.29, 0.717) is 0 Å². The van der Waals surface area contributed by atoms with Crippen LogP contribution < -0.4 is 0 Å². The molecular weight excluding hydrogens is 329 g/mol. The summed E-state index contributed by atoms with van der Waals surface area (Å²) in [6.45, 7) is 1.78. The first-order chi connectivity index (χ1) is 10.9. The Hall–Kier alpha value is -1.71. The lowest BCUT2D eigenvalue weighted by Crippen LogP contribution is -2.52. The van der Waals surface area contributed by atoms with Gasteiger partial charge in [0.05, 0.1) is 11.5 Å². The van der Waals surface area contributed by atoms with Gasteiger partial charge in [0.25, 0.3) is 10.1 Å². The highest BCUT2D eigenvalue weighted by atomic mass is 32.2. The Morgan fingerprint density at radius 2 is 2.09 bits per heavy atom. The van der Waals surface area contributed by atoms with Gasteiger partial charge < -0.3 is 9.47 Å². The fourth-order valence-corrected chi connectivity index (χ4v) is 3.67. The molecule has 0 aromatic heterocycles. The highest BCUT2D eigenvalue weighted by Crippen LogP contribution is 2.35. The second-order valence-electron chi connectivity index (χ2n) is 5.34. The van der Waals surface area contributed by atoms with Gasteiger partial charge in [-0.05, 0) is 24.6 Å². The van der Waals surface area contributed by atoms with Crippen LogP contribution in [0.5, 0.6) is 0 Å². The molecule has 1 aromatic carbocycles. The summed E-state index contributed by atoms with van der Waals surface area (Å²) < 4.78 is 54.4. The molecule has 2 saturated heterocycles. The zero-order valence-corrected chi connectivity index (χ0v) is 12.9. The van der Waals surface area contributed by atoms with Crippen molar-refractivity contribution in [3.05, 3.63) is 40.3 Å². The molecule has 3 rings (SSSR count). The molecule has 0 saturated carbocycles. The number of azide groups is 1. The van der Waals surface area contributed by atoms with E-state index in [1.165, 1.54) is 12.1 Å². The maximum Gasteiger partial charge on any atom is 0.297 e. The summed E-state index contributed by atoms with van der Waals surface area (Å²) in [5, 5.41) is 3.33. The number of aryl methyl sites for hydroxylation is 1. The summed E-state index contributed by atoms with van der Waals surface area (Å²) in [6.07, 6.45) is -5.08. The number of ether oxygens (including phenoxy) is 2. The number of alkyl halides is 1. The van der Waals surface area contributed by atoms with Gasteiger partial charge >= 0.3 is 0 Å². The number of halogens is 1. The third kappa shape index (κ3) is 3.04. The highest BCUT2D eigenvalue weighted by Gasteiger charge is 2.53. The zero-order valence-electron chi connectivity index (χ0n) is 12.1. The fourth-order valence-electron chi connectivity index (χ4n) is 2.56. The standard InChI is InChI=1S/C13H14FN3O5S/c1-7-2-4-8(5-3-7)23(18,19)22-12-9-6-20-13(21-9)10(14)11(12)16-17-15/h2-5,9-13H,6H2,1H3/t9-,10-,11-,12-,13-/m1/s1. The van der Waals surface area contributed by atoms with Gasteiger partial charge in [0.15, 0.2) is 12.5 Å². The van der Waals surface area contributed by atoms with E-state index in [0.717, 1.165) is 5.56 Å². The zero-order chi connectivity index (χ0) is 16.6. The van der Waals surface area contributed by atoms with Crippen LogP contribution in [-0.2, 0) is 23.8 Å². The van der Waals surface area contributed by atoms with Crippen molar-refractivity contribution < 1.29 is 26.5 Å². The van der Waals surface area contributed by atoms with Gasteiger partial charge in [0.2, 0.25) is 0 Å². The van der Waals surface area contributed by atoms with E-state index in [9.17, 15) is 12.8 Å². The molecule has 1 aromatic rings. The summed E-state index contributed by atoms with van der Waals surface area (Å²) in [5.74, 6) is 0. The largest absolute Gasteiger partial charge is 0.347 e. The Bertz CT molecular complexity index is 734. The van der Waals surface area contributed by atoms with Crippen molar-refractivity contribution >= 4 is 10.1 Å².